The lowest BCUT2D eigenvalue weighted by Crippen LogP contribution is -2.68. The maximum atomic E-state index is 11.1. The molecule has 17 heavy (non-hydrogen) atoms. The van der Waals surface area contributed by atoms with E-state index in [1.54, 1.807) is 20.8 Å². The lowest BCUT2D eigenvalue weighted by Gasteiger charge is -2.48. The van der Waals surface area contributed by atoms with Crippen LogP contribution in [0.1, 0.15) is 34.6 Å². The number of carboxylic acids is 1. The van der Waals surface area contributed by atoms with Gasteiger partial charge in [-0.25, -0.2) is 9.59 Å². The summed E-state index contributed by atoms with van der Waals surface area (Å²) in [6, 6.07) is -0.985. The molecule has 1 fully saturated rings. The van der Waals surface area contributed by atoms with Gasteiger partial charge in [0.05, 0.1) is 6.61 Å². The van der Waals surface area contributed by atoms with Crippen LogP contribution in [0.15, 0.2) is 0 Å². The fourth-order valence-corrected chi connectivity index (χ4v) is 1.48. The molecule has 1 amide bonds. The summed E-state index contributed by atoms with van der Waals surface area (Å²) in [5, 5.41) is 8.96. The van der Waals surface area contributed by atoms with Crippen molar-refractivity contribution in [3.63, 3.8) is 0 Å². The lowest BCUT2D eigenvalue weighted by atomic mass is 10.1. The van der Waals surface area contributed by atoms with Gasteiger partial charge in [0.1, 0.15) is 0 Å². The Kier molecular flexibility index (Phi) is 5.95. The Hall–Kier alpha value is -1.30. The third-order valence-corrected chi connectivity index (χ3v) is 2.19. The van der Waals surface area contributed by atoms with E-state index in [2.05, 4.69) is 0 Å². The van der Waals surface area contributed by atoms with E-state index in [1.165, 1.54) is 4.90 Å². The highest BCUT2D eigenvalue weighted by Crippen LogP contribution is 2.31. The molecule has 6 heteroatoms. The van der Waals surface area contributed by atoms with Gasteiger partial charge in [-0.1, -0.05) is 13.8 Å². The quantitative estimate of drug-likeness (QED) is 0.800. The maximum absolute atomic E-state index is 11.1. The molecule has 0 spiro atoms. The number of carbonyl (C=O) groups is 2. The first kappa shape index (κ1) is 15.7. The van der Waals surface area contributed by atoms with Crippen LogP contribution in [0, 0.1) is 0 Å². The lowest BCUT2D eigenvalue weighted by molar-refractivity contribution is -0.197. The van der Waals surface area contributed by atoms with Gasteiger partial charge in [-0.05, 0) is 20.8 Å². The molecule has 100 valence electrons. The predicted molar refractivity (Wildman–Crippen MR) is 61.7 cm³/mol. The minimum Gasteiger partial charge on any atom is -0.480 e. The van der Waals surface area contributed by atoms with Gasteiger partial charge >= 0.3 is 12.1 Å². The first-order chi connectivity index (χ1) is 7.90. The molecule has 0 saturated carbocycles. The van der Waals surface area contributed by atoms with E-state index in [0.717, 1.165) is 0 Å². The van der Waals surface area contributed by atoms with Crippen molar-refractivity contribution < 1.29 is 24.2 Å². The topological polar surface area (TPSA) is 76.1 Å². The van der Waals surface area contributed by atoms with E-state index in [1.807, 2.05) is 13.8 Å². The van der Waals surface area contributed by atoms with Crippen molar-refractivity contribution in [2.75, 3.05) is 13.2 Å². The van der Waals surface area contributed by atoms with Crippen molar-refractivity contribution in [3.8, 4) is 0 Å². The summed E-state index contributed by atoms with van der Waals surface area (Å²) in [5.41, 5.74) is -0.864. The van der Waals surface area contributed by atoms with E-state index >= 15 is 0 Å². The molecule has 1 N–H and O–H groups in total. The second-order valence-corrected chi connectivity index (χ2v) is 3.70. The van der Waals surface area contributed by atoms with Gasteiger partial charge in [-0.15, -0.1) is 0 Å². The van der Waals surface area contributed by atoms with Crippen LogP contribution in [-0.2, 0) is 14.3 Å². The molecule has 1 atom stereocenters. The summed E-state index contributed by atoms with van der Waals surface area (Å²) in [6.07, 6.45) is -0.618. The average molecular weight is 247 g/mol. The molecule has 0 bridgehead atoms. The average Bonchev–Trinajstić information content (AvgIpc) is 2.25. The highest BCUT2D eigenvalue weighted by atomic mass is 16.6. The zero-order chi connectivity index (χ0) is 13.6. The van der Waals surface area contributed by atoms with Crippen molar-refractivity contribution in [3.05, 3.63) is 0 Å². The summed E-state index contributed by atoms with van der Waals surface area (Å²) in [5.74, 6) is -1.09. The van der Waals surface area contributed by atoms with Crippen molar-refractivity contribution in [2.24, 2.45) is 0 Å². The third-order valence-electron chi connectivity index (χ3n) is 2.19. The second-order valence-electron chi connectivity index (χ2n) is 3.70. The van der Waals surface area contributed by atoms with Crippen LogP contribution in [0.4, 0.5) is 4.79 Å². The zero-order valence-electron chi connectivity index (χ0n) is 11.0. The molecular formula is C11H21NO5. The number of ether oxygens (including phenoxy) is 2. The molecule has 1 aliphatic heterocycles. The number of hydrogen-bond donors (Lipinski definition) is 1. The van der Waals surface area contributed by atoms with Crippen molar-refractivity contribution in [2.45, 2.75) is 46.4 Å². The fraction of sp³-hybridized carbons (Fsp3) is 0.818. The monoisotopic (exact) mass is 247 g/mol. The van der Waals surface area contributed by atoms with Gasteiger partial charge < -0.3 is 14.6 Å². The first-order valence-corrected chi connectivity index (χ1v) is 5.73. The Morgan fingerprint density at radius 3 is 2.35 bits per heavy atom. The van der Waals surface area contributed by atoms with Crippen LogP contribution in [0.3, 0.4) is 0 Å². The zero-order valence-corrected chi connectivity index (χ0v) is 11.0. The Labute approximate surface area is 101 Å². The highest BCUT2D eigenvalue weighted by Gasteiger charge is 2.52. The number of aliphatic carboxylic acids is 1. The van der Waals surface area contributed by atoms with Crippen LogP contribution < -0.4 is 0 Å². The van der Waals surface area contributed by atoms with Gasteiger partial charge in [-0.2, -0.15) is 0 Å². The fourth-order valence-electron chi connectivity index (χ4n) is 1.48. The Morgan fingerprint density at radius 1 is 1.53 bits per heavy atom. The largest absolute Gasteiger partial charge is 0.480 e. The summed E-state index contributed by atoms with van der Waals surface area (Å²) < 4.78 is 9.84. The van der Waals surface area contributed by atoms with Crippen LogP contribution in [0.25, 0.3) is 0 Å². The molecule has 1 saturated heterocycles. The Balaban J connectivity index is 0.00000121. The molecule has 6 nitrogen and oxygen atoms in total. The number of rotatable bonds is 5. The van der Waals surface area contributed by atoms with Crippen molar-refractivity contribution >= 4 is 12.1 Å². The number of carbonyl (C=O) groups excluding carboxylic acids is 1. The van der Waals surface area contributed by atoms with Crippen LogP contribution in [0.2, 0.25) is 0 Å². The molecule has 1 heterocycles. The van der Waals surface area contributed by atoms with E-state index in [-0.39, 0.29) is 6.61 Å². The Bertz CT molecular complexity index is 277. The third kappa shape index (κ3) is 3.59. The molecule has 0 aromatic rings. The molecule has 1 aliphatic rings. The molecule has 0 aliphatic carbocycles. The maximum Gasteiger partial charge on any atom is 0.415 e. The van der Waals surface area contributed by atoms with Gasteiger partial charge in [0, 0.05) is 6.61 Å². The summed E-state index contributed by atoms with van der Waals surface area (Å²) in [6.45, 7) is 9.42. The van der Waals surface area contributed by atoms with Gasteiger partial charge in [-0.3, -0.25) is 4.90 Å². The number of cyclic esters (lactones) is 1. The second kappa shape index (κ2) is 6.44. The number of nitrogens with zero attached hydrogens (tertiary/aromatic N) is 1. The molecule has 0 radical (unpaired) electrons. The molecule has 1 rings (SSSR count). The molecule has 0 aromatic carbocycles. The summed E-state index contributed by atoms with van der Waals surface area (Å²) in [7, 11) is 0. The summed E-state index contributed by atoms with van der Waals surface area (Å²) in [4.78, 5) is 23.3. The summed E-state index contributed by atoms with van der Waals surface area (Å²) >= 11 is 0. The van der Waals surface area contributed by atoms with E-state index < -0.39 is 23.8 Å². The van der Waals surface area contributed by atoms with E-state index in [4.69, 9.17) is 14.6 Å². The normalized spacial score (nSPS) is 18.4. The minimum atomic E-state index is -1.09. The molecule has 1 unspecified atom stereocenters. The molecular weight excluding hydrogens is 226 g/mol. The SMILES string of the molecule is CC.CCOCC(C(=O)O)N1C(=O)OC1(C)C. The standard InChI is InChI=1S/C9H15NO5.C2H6/c1-4-14-5-6(7(11)12)10-8(13)15-9(10,2)3;1-2/h6H,4-5H2,1-3H3,(H,11,12);1-2H3. The minimum absolute atomic E-state index is 0.0234. The smallest absolute Gasteiger partial charge is 0.415 e. The van der Waals surface area contributed by atoms with Crippen molar-refractivity contribution in [1.29, 1.82) is 0 Å². The van der Waals surface area contributed by atoms with Crippen LogP contribution in [-0.4, -0.2) is 47.0 Å². The van der Waals surface area contributed by atoms with Gasteiger partial charge in [0.15, 0.2) is 11.8 Å². The van der Waals surface area contributed by atoms with Gasteiger partial charge in [0.2, 0.25) is 0 Å². The predicted octanol–water partition coefficient (Wildman–Crippen LogP) is 1.69. The molecule has 0 aromatic heterocycles. The number of hydrogen-bond acceptors (Lipinski definition) is 4. The number of amides is 1. The first-order valence-electron chi connectivity index (χ1n) is 5.73. The van der Waals surface area contributed by atoms with Gasteiger partial charge in [0.25, 0.3) is 0 Å². The number of carboxylic acid groups (broad SMARTS) is 1. The van der Waals surface area contributed by atoms with Crippen molar-refractivity contribution in [1.82, 2.24) is 4.90 Å². The highest BCUT2D eigenvalue weighted by molar-refractivity contribution is 5.83. The van der Waals surface area contributed by atoms with Crippen LogP contribution >= 0.6 is 0 Å². The Morgan fingerprint density at radius 2 is 2.06 bits per heavy atom. The van der Waals surface area contributed by atoms with E-state index in [9.17, 15) is 9.59 Å². The van der Waals surface area contributed by atoms with E-state index in [0.29, 0.717) is 6.61 Å². The van der Waals surface area contributed by atoms with Crippen LogP contribution in [0.5, 0.6) is 0 Å².